The molecule has 2 aliphatic rings. The van der Waals surface area contributed by atoms with Crippen LogP contribution in [0.1, 0.15) is 32.1 Å². The molecule has 0 aromatic rings. The summed E-state index contributed by atoms with van der Waals surface area (Å²) in [6, 6.07) is 0.661. The van der Waals surface area contributed by atoms with Gasteiger partial charge in [0.05, 0.1) is 18.6 Å². The van der Waals surface area contributed by atoms with Crippen molar-refractivity contribution in [3.05, 3.63) is 0 Å². The number of hydrogen-bond acceptors (Lipinski definition) is 4. The van der Waals surface area contributed by atoms with Crippen LogP contribution in [0.3, 0.4) is 0 Å². The second-order valence-corrected chi connectivity index (χ2v) is 4.96. The van der Waals surface area contributed by atoms with E-state index >= 15 is 0 Å². The zero-order chi connectivity index (χ0) is 11.7. The fourth-order valence-electron chi connectivity index (χ4n) is 3.05. The molecule has 0 saturated carbocycles. The van der Waals surface area contributed by atoms with Gasteiger partial charge in [-0.25, -0.2) is 0 Å². The van der Waals surface area contributed by atoms with Gasteiger partial charge in [-0.3, -0.25) is 9.69 Å². The minimum Gasteiger partial charge on any atom is -0.481 e. The van der Waals surface area contributed by atoms with Gasteiger partial charge in [-0.05, 0) is 25.7 Å². The van der Waals surface area contributed by atoms with E-state index in [4.69, 9.17) is 5.11 Å². The van der Waals surface area contributed by atoms with E-state index in [0.29, 0.717) is 18.6 Å². The molecular formula is C11H19NO4. The maximum atomic E-state index is 10.5. The molecule has 0 radical (unpaired) electrons. The van der Waals surface area contributed by atoms with E-state index < -0.39 is 12.1 Å². The Balaban J connectivity index is 1.88. The number of piperidine rings is 1. The summed E-state index contributed by atoms with van der Waals surface area (Å²) in [7, 11) is 0. The molecule has 2 aliphatic heterocycles. The lowest BCUT2D eigenvalue weighted by Crippen LogP contribution is -2.48. The van der Waals surface area contributed by atoms with Crippen LogP contribution in [-0.4, -0.2) is 57.0 Å². The molecule has 5 heteroatoms. The number of carboxylic acids is 1. The Hall–Kier alpha value is -0.650. The quantitative estimate of drug-likeness (QED) is 0.622. The average Bonchev–Trinajstić information content (AvgIpc) is 2.43. The van der Waals surface area contributed by atoms with Crippen LogP contribution in [0.25, 0.3) is 0 Å². The Morgan fingerprint density at radius 1 is 1.31 bits per heavy atom. The van der Waals surface area contributed by atoms with Gasteiger partial charge in [0.2, 0.25) is 0 Å². The van der Waals surface area contributed by atoms with Gasteiger partial charge in [0.25, 0.3) is 0 Å². The highest BCUT2D eigenvalue weighted by Crippen LogP contribution is 2.35. The van der Waals surface area contributed by atoms with Gasteiger partial charge < -0.3 is 15.3 Å². The molecular weight excluding hydrogens is 210 g/mol. The van der Waals surface area contributed by atoms with Crippen molar-refractivity contribution in [1.82, 2.24) is 4.90 Å². The van der Waals surface area contributed by atoms with E-state index in [2.05, 4.69) is 4.90 Å². The van der Waals surface area contributed by atoms with Crippen LogP contribution in [0.4, 0.5) is 0 Å². The van der Waals surface area contributed by atoms with Crippen LogP contribution >= 0.6 is 0 Å². The fourth-order valence-corrected chi connectivity index (χ4v) is 3.05. The molecule has 3 atom stereocenters. The van der Waals surface area contributed by atoms with E-state index in [9.17, 15) is 15.0 Å². The van der Waals surface area contributed by atoms with Gasteiger partial charge in [0.1, 0.15) is 0 Å². The molecule has 0 aliphatic carbocycles. The van der Waals surface area contributed by atoms with E-state index in [1.54, 1.807) is 0 Å². The van der Waals surface area contributed by atoms with Crippen LogP contribution in [0.2, 0.25) is 0 Å². The van der Waals surface area contributed by atoms with Gasteiger partial charge in [-0.2, -0.15) is 0 Å². The van der Waals surface area contributed by atoms with Gasteiger partial charge >= 0.3 is 5.97 Å². The molecule has 2 heterocycles. The zero-order valence-electron chi connectivity index (χ0n) is 9.25. The number of aliphatic hydroxyl groups is 2. The molecule has 2 saturated heterocycles. The van der Waals surface area contributed by atoms with Crippen LogP contribution in [-0.2, 0) is 4.79 Å². The summed E-state index contributed by atoms with van der Waals surface area (Å²) < 4.78 is 0. The Morgan fingerprint density at radius 3 is 2.38 bits per heavy atom. The molecule has 92 valence electrons. The molecule has 16 heavy (non-hydrogen) atoms. The molecule has 0 amide bonds. The van der Waals surface area contributed by atoms with Crippen molar-refractivity contribution in [1.29, 1.82) is 0 Å². The molecule has 0 spiro atoms. The molecule has 3 unspecified atom stereocenters. The Morgan fingerprint density at radius 2 is 1.88 bits per heavy atom. The predicted molar refractivity (Wildman–Crippen MR) is 57.0 cm³/mol. The minimum atomic E-state index is -0.961. The molecule has 0 aromatic carbocycles. The van der Waals surface area contributed by atoms with Crippen molar-refractivity contribution in [3.63, 3.8) is 0 Å². The van der Waals surface area contributed by atoms with E-state index in [-0.39, 0.29) is 12.5 Å². The highest BCUT2D eigenvalue weighted by molar-refractivity contribution is 5.67. The number of hydrogen-bond donors (Lipinski definition) is 3. The molecule has 3 N–H and O–H groups in total. The van der Waals surface area contributed by atoms with Crippen molar-refractivity contribution >= 4 is 5.97 Å². The summed E-state index contributed by atoms with van der Waals surface area (Å²) in [6.45, 7) is 0.425. The molecule has 5 nitrogen and oxygen atoms in total. The summed E-state index contributed by atoms with van der Waals surface area (Å²) in [5.74, 6) is -0.961. The lowest BCUT2D eigenvalue weighted by atomic mass is 9.99. The largest absolute Gasteiger partial charge is 0.481 e. The zero-order valence-corrected chi connectivity index (χ0v) is 9.25. The summed E-state index contributed by atoms with van der Waals surface area (Å²) in [5.41, 5.74) is 0. The third kappa shape index (κ3) is 2.53. The summed E-state index contributed by atoms with van der Waals surface area (Å²) in [4.78, 5) is 12.6. The number of carboxylic acid groups (broad SMARTS) is 1. The van der Waals surface area contributed by atoms with Crippen molar-refractivity contribution in [2.45, 2.75) is 56.4 Å². The topological polar surface area (TPSA) is 81.0 Å². The predicted octanol–water partition coefficient (Wildman–Crippen LogP) is -0.190. The first kappa shape index (κ1) is 11.8. The Labute approximate surface area is 94.7 Å². The van der Waals surface area contributed by atoms with Crippen molar-refractivity contribution in [3.8, 4) is 0 Å². The number of aliphatic carboxylic acids is 1. The second-order valence-electron chi connectivity index (χ2n) is 4.96. The minimum absolute atomic E-state index is 0.196. The van der Waals surface area contributed by atoms with Crippen molar-refractivity contribution in [2.24, 2.45) is 0 Å². The Kier molecular flexibility index (Phi) is 3.47. The lowest BCUT2D eigenvalue weighted by molar-refractivity contribution is -0.139. The van der Waals surface area contributed by atoms with E-state index in [0.717, 1.165) is 25.7 Å². The first-order valence-electron chi connectivity index (χ1n) is 5.90. The van der Waals surface area contributed by atoms with E-state index in [1.165, 1.54) is 0 Å². The Bertz CT molecular complexity index is 257. The third-order valence-corrected chi connectivity index (χ3v) is 3.69. The van der Waals surface area contributed by atoms with Gasteiger partial charge in [0, 0.05) is 18.6 Å². The number of aliphatic hydroxyl groups excluding tert-OH is 2. The molecule has 2 fully saturated rings. The van der Waals surface area contributed by atoms with Crippen LogP contribution in [0.5, 0.6) is 0 Å². The first-order valence-corrected chi connectivity index (χ1v) is 5.90. The van der Waals surface area contributed by atoms with E-state index in [1.807, 2.05) is 0 Å². The average molecular weight is 229 g/mol. The van der Waals surface area contributed by atoms with Gasteiger partial charge in [-0.1, -0.05) is 0 Å². The van der Waals surface area contributed by atoms with Crippen LogP contribution in [0.15, 0.2) is 0 Å². The second kappa shape index (κ2) is 4.69. The normalized spacial score (nSPS) is 36.2. The molecule has 2 bridgehead atoms. The lowest BCUT2D eigenvalue weighted by Gasteiger charge is -2.38. The highest BCUT2D eigenvalue weighted by Gasteiger charge is 2.40. The van der Waals surface area contributed by atoms with Gasteiger partial charge in [-0.15, -0.1) is 0 Å². The smallest absolute Gasteiger partial charge is 0.306 e. The number of fused-ring (bicyclic) bond motifs is 2. The van der Waals surface area contributed by atoms with Crippen LogP contribution < -0.4 is 0 Å². The summed E-state index contributed by atoms with van der Waals surface area (Å²) in [6.07, 6.45) is 2.43. The van der Waals surface area contributed by atoms with Gasteiger partial charge in [0.15, 0.2) is 0 Å². The number of carbonyl (C=O) groups is 1. The SMILES string of the molecule is O=C(O)CC(O)CN1C2CCC1CC(O)C2. The number of rotatable bonds is 4. The molecule has 2 rings (SSSR count). The monoisotopic (exact) mass is 229 g/mol. The number of nitrogens with zero attached hydrogens (tertiary/aromatic N) is 1. The standard InChI is InChI=1S/C11H19NO4/c13-9-3-7-1-2-8(4-9)12(7)6-10(14)5-11(15)16/h7-10,13-14H,1-6H2,(H,15,16). The first-order chi connectivity index (χ1) is 7.56. The maximum absolute atomic E-state index is 10.5. The summed E-state index contributed by atoms with van der Waals surface area (Å²) >= 11 is 0. The van der Waals surface area contributed by atoms with Crippen molar-refractivity contribution < 1.29 is 20.1 Å². The fraction of sp³-hybridized carbons (Fsp3) is 0.909. The van der Waals surface area contributed by atoms with Crippen LogP contribution in [0, 0.1) is 0 Å². The molecule has 0 aromatic heterocycles. The van der Waals surface area contributed by atoms with Crippen molar-refractivity contribution in [2.75, 3.05) is 6.54 Å². The highest BCUT2D eigenvalue weighted by atomic mass is 16.4. The summed E-state index contributed by atoms with van der Waals surface area (Å²) in [5, 5.41) is 27.8. The maximum Gasteiger partial charge on any atom is 0.306 e. The third-order valence-electron chi connectivity index (χ3n) is 3.69.